The van der Waals surface area contributed by atoms with Gasteiger partial charge in [0.2, 0.25) is 0 Å². The van der Waals surface area contributed by atoms with Gasteiger partial charge in [-0.2, -0.15) is 5.26 Å². The van der Waals surface area contributed by atoms with Gasteiger partial charge in [-0.25, -0.2) is 4.39 Å². The number of nitrogens with two attached hydrogens (primary N) is 1. The smallest absolute Gasteiger partial charge is 0.162 e. The quantitative estimate of drug-likeness (QED) is 0.316. The molecule has 1 aliphatic carbocycles. The summed E-state index contributed by atoms with van der Waals surface area (Å²) in [4.78, 5) is 15.8. The van der Waals surface area contributed by atoms with Gasteiger partial charge in [0.05, 0.1) is 22.6 Å². The number of halogens is 3. The molecule has 0 bridgehead atoms. The Kier molecular flexibility index (Phi) is 7.87. The molecule has 0 saturated heterocycles. The van der Waals surface area contributed by atoms with E-state index < -0.39 is 11.7 Å². The summed E-state index contributed by atoms with van der Waals surface area (Å²) in [5, 5.41) is 11.3. The van der Waals surface area contributed by atoms with Crippen LogP contribution in [0.3, 0.4) is 0 Å². The number of anilines is 1. The summed E-state index contributed by atoms with van der Waals surface area (Å²) >= 11 is 12.7. The first-order valence-electron chi connectivity index (χ1n) is 13.7. The van der Waals surface area contributed by atoms with Crippen LogP contribution in [0.25, 0.3) is 0 Å². The second-order valence-corrected chi connectivity index (χ2v) is 12.7. The van der Waals surface area contributed by atoms with E-state index in [1.54, 1.807) is 0 Å². The number of allylic oxidation sites excluding steroid dienone is 3. The number of nitrogens with zero attached hydrogens (tertiary/aromatic N) is 2. The fourth-order valence-electron chi connectivity index (χ4n) is 6.00. The molecule has 42 heavy (non-hydrogen) atoms. The Morgan fingerprint density at radius 3 is 2.48 bits per heavy atom. The second-order valence-electron chi connectivity index (χ2n) is 11.9. The Labute approximate surface area is 256 Å². The van der Waals surface area contributed by atoms with Gasteiger partial charge < -0.3 is 10.5 Å². The molecular weight excluding hydrogens is 572 g/mol. The van der Waals surface area contributed by atoms with Crippen LogP contribution >= 0.6 is 23.2 Å². The van der Waals surface area contributed by atoms with E-state index in [9.17, 15) is 14.4 Å². The molecule has 1 heterocycles. The molecule has 0 spiro atoms. The average molecular weight is 605 g/mol. The van der Waals surface area contributed by atoms with E-state index in [2.05, 4.69) is 19.9 Å². The van der Waals surface area contributed by atoms with Crippen molar-refractivity contribution in [3.63, 3.8) is 0 Å². The number of carbonyl (C=O) groups excluding carboxylic acids is 1. The van der Waals surface area contributed by atoms with E-state index in [4.69, 9.17) is 33.7 Å². The number of Topliss-reactive ketones (excluding diaryl/α,β-unsaturated/α-hetero) is 1. The monoisotopic (exact) mass is 603 g/mol. The fourth-order valence-corrected chi connectivity index (χ4v) is 6.39. The summed E-state index contributed by atoms with van der Waals surface area (Å²) in [6.45, 7) is 10.1. The minimum absolute atomic E-state index is 0.00786. The lowest BCUT2D eigenvalue weighted by molar-refractivity contribution is -0.118. The summed E-state index contributed by atoms with van der Waals surface area (Å²) in [6.07, 6.45) is 0.951. The number of hydrogen-bond acceptors (Lipinski definition) is 5. The number of aryl methyl sites for hydroxylation is 2. The number of benzene rings is 3. The SMILES string of the molecule is Cc1cc(COc2ccc(F)cc2Cl)c(C)c(C2C(C#N)=C(N)N(c3ccc(C)c(Cl)c3)C3=C2C(=O)CC(C)(C)C3)c1. The summed E-state index contributed by atoms with van der Waals surface area (Å²) < 4.78 is 19.5. The Morgan fingerprint density at radius 1 is 1.07 bits per heavy atom. The number of hydrogen-bond donors (Lipinski definition) is 1. The molecule has 1 atom stereocenters. The number of nitriles is 1. The lowest BCUT2D eigenvalue weighted by atomic mass is 9.68. The number of ether oxygens (including phenoxy) is 1. The normalized spacial score (nSPS) is 18.2. The lowest BCUT2D eigenvalue weighted by Crippen LogP contribution is -2.42. The van der Waals surface area contributed by atoms with Gasteiger partial charge in [-0.15, -0.1) is 0 Å². The van der Waals surface area contributed by atoms with Crippen LogP contribution in [0.1, 0.15) is 60.4 Å². The van der Waals surface area contributed by atoms with Crippen molar-refractivity contribution in [2.45, 2.75) is 60.0 Å². The summed E-state index contributed by atoms with van der Waals surface area (Å²) in [5.41, 5.74) is 13.3. The second kappa shape index (κ2) is 11.1. The zero-order valence-corrected chi connectivity index (χ0v) is 25.8. The number of rotatable bonds is 5. The molecule has 1 unspecified atom stereocenters. The first kappa shape index (κ1) is 29.7. The molecule has 5 nitrogen and oxygen atoms in total. The Bertz CT molecular complexity index is 1740. The van der Waals surface area contributed by atoms with Crippen LogP contribution in [0.4, 0.5) is 10.1 Å². The molecule has 3 aromatic rings. The Morgan fingerprint density at radius 2 is 1.81 bits per heavy atom. The predicted octanol–water partition coefficient (Wildman–Crippen LogP) is 8.58. The fraction of sp³-hybridized carbons (Fsp3) is 0.294. The molecule has 5 rings (SSSR count). The van der Waals surface area contributed by atoms with Crippen molar-refractivity contribution in [2.75, 3.05) is 4.90 Å². The van der Waals surface area contributed by atoms with E-state index >= 15 is 0 Å². The first-order chi connectivity index (χ1) is 19.8. The minimum atomic E-state index is -0.640. The van der Waals surface area contributed by atoms with Gasteiger partial charge in [0, 0.05) is 28.4 Å². The number of ketones is 1. The standard InChI is InChI=1S/C34H32Cl2FN3O2/c1-18-10-21(17-42-30-9-7-22(37)12-27(30)36)20(3)24(11-18)31-25(16-38)33(39)40(23-8-6-19(2)26(35)13-23)28-14-34(4,5)15-29(41)32(28)31/h6-13,31H,14-15,17,39H2,1-5H3. The molecular formula is C34H32Cl2FN3O2. The highest BCUT2D eigenvalue weighted by molar-refractivity contribution is 6.32. The third-order valence-electron chi connectivity index (χ3n) is 8.08. The van der Waals surface area contributed by atoms with E-state index in [0.29, 0.717) is 40.4 Å². The molecule has 2 N–H and O–H groups in total. The Hall–Kier alpha value is -3.79. The zero-order chi connectivity index (χ0) is 30.5. The largest absolute Gasteiger partial charge is 0.487 e. The predicted molar refractivity (Wildman–Crippen MR) is 165 cm³/mol. The molecule has 0 fully saturated rings. The van der Waals surface area contributed by atoms with Gasteiger partial charge in [0.15, 0.2) is 5.78 Å². The molecule has 8 heteroatoms. The van der Waals surface area contributed by atoms with E-state index in [1.807, 2.05) is 56.0 Å². The highest BCUT2D eigenvalue weighted by Crippen LogP contribution is 2.51. The van der Waals surface area contributed by atoms with Crippen molar-refractivity contribution in [3.8, 4) is 11.8 Å². The van der Waals surface area contributed by atoms with Crippen LogP contribution in [0.5, 0.6) is 5.75 Å². The molecule has 216 valence electrons. The highest BCUT2D eigenvalue weighted by Gasteiger charge is 2.45. The van der Waals surface area contributed by atoms with Gasteiger partial charge >= 0.3 is 0 Å². The summed E-state index contributed by atoms with van der Waals surface area (Å²) in [6, 6.07) is 16.0. The van der Waals surface area contributed by atoms with Crippen LogP contribution in [-0.2, 0) is 11.4 Å². The zero-order valence-electron chi connectivity index (χ0n) is 24.2. The third kappa shape index (κ3) is 5.40. The number of carbonyl (C=O) groups is 1. The maximum atomic E-state index is 14.0. The van der Waals surface area contributed by atoms with Crippen LogP contribution in [0.15, 0.2) is 71.2 Å². The van der Waals surface area contributed by atoms with E-state index in [-0.39, 0.29) is 28.6 Å². The molecule has 0 amide bonds. The van der Waals surface area contributed by atoms with Gasteiger partial charge in [-0.1, -0.05) is 60.8 Å². The summed E-state index contributed by atoms with van der Waals surface area (Å²) in [5.74, 6) is -0.450. The third-order valence-corrected chi connectivity index (χ3v) is 8.79. The van der Waals surface area contributed by atoms with Gasteiger partial charge in [-0.3, -0.25) is 9.69 Å². The van der Waals surface area contributed by atoms with Crippen molar-refractivity contribution in [3.05, 3.63) is 115 Å². The van der Waals surface area contributed by atoms with Crippen molar-refractivity contribution in [1.82, 2.24) is 0 Å². The molecule has 0 aromatic heterocycles. The van der Waals surface area contributed by atoms with Crippen molar-refractivity contribution in [2.24, 2.45) is 11.1 Å². The van der Waals surface area contributed by atoms with Gasteiger partial charge in [0.1, 0.15) is 24.0 Å². The average Bonchev–Trinajstić information content (AvgIpc) is 2.90. The molecule has 0 saturated carbocycles. The maximum Gasteiger partial charge on any atom is 0.162 e. The van der Waals surface area contributed by atoms with Crippen LogP contribution < -0.4 is 15.4 Å². The van der Waals surface area contributed by atoms with Crippen LogP contribution in [0.2, 0.25) is 10.0 Å². The molecule has 3 aromatic carbocycles. The highest BCUT2D eigenvalue weighted by atomic mass is 35.5. The maximum absolute atomic E-state index is 14.0. The van der Waals surface area contributed by atoms with Crippen molar-refractivity contribution < 1.29 is 13.9 Å². The van der Waals surface area contributed by atoms with Crippen LogP contribution in [-0.4, -0.2) is 5.78 Å². The molecule has 2 aliphatic rings. The first-order valence-corrected chi connectivity index (χ1v) is 14.5. The minimum Gasteiger partial charge on any atom is -0.487 e. The summed E-state index contributed by atoms with van der Waals surface area (Å²) in [7, 11) is 0. The van der Waals surface area contributed by atoms with Gasteiger partial charge in [-0.05, 0) is 85.2 Å². The Balaban J connectivity index is 1.67. The van der Waals surface area contributed by atoms with Gasteiger partial charge in [0.25, 0.3) is 0 Å². The van der Waals surface area contributed by atoms with Crippen molar-refractivity contribution in [1.29, 1.82) is 5.26 Å². The molecule has 1 aliphatic heterocycles. The van der Waals surface area contributed by atoms with Crippen molar-refractivity contribution >= 4 is 34.7 Å². The van der Waals surface area contributed by atoms with E-state index in [1.165, 1.54) is 18.2 Å². The lowest BCUT2D eigenvalue weighted by Gasteiger charge is -2.44. The molecule has 0 radical (unpaired) electrons. The topological polar surface area (TPSA) is 79.3 Å². The van der Waals surface area contributed by atoms with E-state index in [0.717, 1.165) is 33.5 Å². The van der Waals surface area contributed by atoms with Crippen LogP contribution in [0, 0.1) is 43.3 Å².